The number of amides is 1. The zero-order valence-electron chi connectivity index (χ0n) is 14.8. The van der Waals surface area contributed by atoms with Crippen LogP contribution >= 0.6 is 12.2 Å². The number of carbonyl (C=O) groups is 1. The highest BCUT2D eigenvalue weighted by atomic mass is 32.1. The number of fused-ring (bicyclic) bond motifs is 1. The van der Waals surface area contributed by atoms with Gasteiger partial charge in [-0.15, -0.1) is 0 Å². The Morgan fingerprint density at radius 2 is 2.12 bits per heavy atom. The van der Waals surface area contributed by atoms with Crippen LogP contribution < -0.4 is 9.80 Å². The van der Waals surface area contributed by atoms with Gasteiger partial charge in [0, 0.05) is 30.9 Å². The Balaban J connectivity index is 1.56. The number of hydrogen-bond donors (Lipinski definition) is 1. The van der Waals surface area contributed by atoms with Crippen LogP contribution in [0.4, 0.5) is 11.5 Å². The molecular formula is C19H22N4O2S. The molecule has 0 radical (unpaired) electrons. The zero-order valence-corrected chi connectivity index (χ0v) is 15.6. The van der Waals surface area contributed by atoms with Crippen LogP contribution in [0, 0.1) is 4.64 Å². The van der Waals surface area contributed by atoms with Crippen LogP contribution in [0.15, 0.2) is 30.3 Å². The third-order valence-electron chi connectivity index (χ3n) is 4.91. The highest BCUT2D eigenvalue weighted by Crippen LogP contribution is 2.32. The molecule has 0 unspecified atom stereocenters. The number of para-hydroxylation sites is 1. The molecule has 136 valence electrons. The van der Waals surface area contributed by atoms with Crippen LogP contribution in [0.3, 0.4) is 0 Å². The van der Waals surface area contributed by atoms with Gasteiger partial charge in [0.1, 0.15) is 16.3 Å². The van der Waals surface area contributed by atoms with Crippen molar-refractivity contribution in [2.75, 3.05) is 36.1 Å². The first-order valence-electron chi connectivity index (χ1n) is 8.95. The fraction of sp³-hybridized carbons (Fsp3) is 0.421. The number of nitrogens with one attached hydrogen (secondary N) is 1. The predicted octanol–water partition coefficient (Wildman–Crippen LogP) is 2.50. The minimum atomic E-state index is 0.0414. The molecule has 0 spiro atoms. The summed E-state index contributed by atoms with van der Waals surface area (Å²) < 4.78 is 5.99. The van der Waals surface area contributed by atoms with E-state index >= 15 is 0 Å². The van der Waals surface area contributed by atoms with Gasteiger partial charge >= 0.3 is 0 Å². The fourth-order valence-electron chi connectivity index (χ4n) is 3.71. The van der Waals surface area contributed by atoms with Gasteiger partial charge in [-0.25, -0.2) is 4.98 Å². The van der Waals surface area contributed by atoms with E-state index in [1.165, 1.54) is 5.56 Å². The van der Waals surface area contributed by atoms with Gasteiger partial charge < -0.3 is 19.5 Å². The van der Waals surface area contributed by atoms with E-state index < -0.39 is 0 Å². The molecule has 1 aromatic heterocycles. The molecule has 26 heavy (non-hydrogen) atoms. The Bertz CT molecular complexity index is 876. The monoisotopic (exact) mass is 370 g/mol. The lowest BCUT2D eigenvalue weighted by Gasteiger charge is -2.28. The molecule has 1 saturated heterocycles. The maximum atomic E-state index is 13.0. The molecule has 7 heteroatoms. The molecular weight excluding hydrogens is 348 g/mol. The Kier molecular flexibility index (Phi) is 4.74. The van der Waals surface area contributed by atoms with Gasteiger partial charge in [-0.05, 0) is 25.0 Å². The molecule has 0 saturated carbocycles. The summed E-state index contributed by atoms with van der Waals surface area (Å²) in [6, 6.07) is 10.1. The summed E-state index contributed by atoms with van der Waals surface area (Å²) in [5.41, 5.74) is 2.23. The molecule has 0 aliphatic carbocycles. The number of anilines is 2. The normalized spacial score (nSPS) is 19.5. The number of morpholine rings is 1. The number of ether oxygens (including phenoxy) is 1. The minimum absolute atomic E-state index is 0.0414. The summed E-state index contributed by atoms with van der Waals surface area (Å²) in [7, 11) is 0. The van der Waals surface area contributed by atoms with Crippen molar-refractivity contribution in [1.29, 1.82) is 0 Å². The van der Waals surface area contributed by atoms with Gasteiger partial charge in [0.05, 0.1) is 19.6 Å². The van der Waals surface area contributed by atoms with Crippen LogP contribution in [0.25, 0.3) is 0 Å². The van der Waals surface area contributed by atoms with Crippen LogP contribution in [0.2, 0.25) is 0 Å². The van der Waals surface area contributed by atoms with Crippen LogP contribution in [0.5, 0.6) is 0 Å². The van der Waals surface area contributed by atoms with Crippen molar-refractivity contribution >= 4 is 29.6 Å². The molecule has 6 nitrogen and oxygen atoms in total. The van der Waals surface area contributed by atoms with E-state index in [1.807, 2.05) is 29.2 Å². The van der Waals surface area contributed by atoms with Crippen LogP contribution in [-0.2, 0) is 22.4 Å². The zero-order chi connectivity index (χ0) is 18.1. The van der Waals surface area contributed by atoms with E-state index in [0.717, 1.165) is 31.0 Å². The number of nitrogens with zero attached hydrogens (tertiary/aromatic N) is 3. The molecule has 0 bridgehead atoms. The second-order valence-electron chi connectivity index (χ2n) is 6.77. The van der Waals surface area contributed by atoms with E-state index in [-0.39, 0.29) is 18.4 Å². The Morgan fingerprint density at radius 1 is 1.35 bits per heavy atom. The first kappa shape index (κ1) is 17.2. The van der Waals surface area contributed by atoms with Crippen molar-refractivity contribution in [3.05, 3.63) is 46.4 Å². The molecule has 1 N–H and O–H groups in total. The average molecular weight is 370 g/mol. The topological polar surface area (TPSA) is 61.5 Å². The Labute approximate surface area is 157 Å². The molecule has 1 amide bonds. The summed E-state index contributed by atoms with van der Waals surface area (Å²) in [6.07, 6.45) is 1.10. The first-order chi connectivity index (χ1) is 12.6. The second kappa shape index (κ2) is 7.17. The number of carbonyl (C=O) groups excluding carboxylic acids is 1. The lowest BCUT2D eigenvalue weighted by molar-refractivity contribution is -0.118. The third-order valence-corrected chi connectivity index (χ3v) is 5.13. The standard InChI is InChI=1S/C19H22N4O2S/c1-13-10-14-4-2-3-5-15(14)23(13)19(24)11-16-20-17(12-18(26)21-16)22-6-8-25-9-7-22/h2-5,12-13H,6-11H2,1H3,(H,20,21,26)/t13-/m1/s1. The maximum absolute atomic E-state index is 13.0. The van der Waals surface area contributed by atoms with Gasteiger partial charge in [-0.2, -0.15) is 0 Å². The lowest BCUT2D eigenvalue weighted by atomic mass is 10.1. The van der Waals surface area contributed by atoms with E-state index in [4.69, 9.17) is 17.0 Å². The van der Waals surface area contributed by atoms with E-state index in [1.54, 1.807) is 0 Å². The largest absolute Gasteiger partial charge is 0.378 e. The van der Waals surface area contributed by atoms with Crippen molar-refractivity contribution in [2.45, 2.75) is 25.8 Å². The highest BCUT2D eigenvalue weighted by Gasteiger charge is 2.30. The number of rotatable bonds is 3. The summed E-state index contributed by atoms with van der Waals surface area (Å²) in [5, 5.41) is 0. The van der Waals surface area contributed by atoms with Crippen LogP contribution in [-0.4, -0.2) is 48.2 Å². The second-order valence-corrected chi connectivity index (χ2v) is 7.21. The number of benzene rings is 1. The molecule has 3 heterocycles. The fourth-order valence-corrected chi connectivity index (χ4v) is 3.93. The van der Waals surface area contributed by atoms with E-state index in [2.05, 4.69) is 27.9 Å². The van der Waals surface area contributed by atoms with E-state index in [0.29, 0.717) is 23.7 Å². The van der Waals surface area contributed by atoms with Crippen molar-refractivity contribution in [2.24, 2.45) is 0 Å². The quantitative estimate of drug-likeness (QED) is 0.841. The number of hydrogen-bond acceptors (Lipinski definition) is 5. The van der Waals surface area contributed by atoms with Crippen LogP contribution in [0.1, 0.15) is 18.3 Å². The minimum Gasteiger partial charge on any atom is -0.378 e. The van der Waals surface area contributed by atoms with Crippen molar-refractivity contribution in [1.82, 2.24) is 9.97 Å². The summed E-state index contributed by atoms with van der Waals surface area (Å²) >= 11 is 5.35. The van der Waals surface area contributed by atoms with Crippen molar-refractivity contribution in [3.8, 4) is 0 Å². The Morgan fingerprint density at radius 3 is 2.92 bits per heavy atom. The molecule has 4 rings (SSSR count). The van der Waals surface area contributed by atoms with Gasteiger partial charge in [-0.3, -0.25) is 4.79 Å². The Hall–Kier alpha value is -2.25. The van der Waals surface area contributed by atoms with E-state index in [9.17, 15) is 4.79 Å². The molecule has 2 aromatic rings. The molecule has 2 aliphatic rings. The summed E-state index contributed by atoms with van der Waals surface area (Å²) in [5.74, 6) is 1.47. The smallest absolute Gasteiger partial charge is 0.234 e. The highest BCUT2D eigenvalue weighted by molar-refractivity contribution is 7.71. The lowest BCUT2D eigenvalue weighted by Crippen LogP contribution is -2.38. The number of aromatic amines is 1. The average Bonchev–Trinajstić information content (AvgIpc) is 2.97. The first-order valence-corrected chi connectivity index (χ1v) is 9.35. The molecule has 1 atom stereocenters. The van der Waals surface area contributed by atoms with Crippen molar-refractivity contribution in [3.63, 3.8) is 0 Å². The van der Waals surface area contributed by atoms with Gasteiger partial charge in [-0.1, -0.05) is 30.4 Å². The maximum Gasteiger partial charge on any atom is 0.234 e. The molecule has 1 fully saturated rings. The van der Waals surface area contributed by atoms with Gasteiger partial charge in [0.2, 0.25) is 5.91 Å². The third kappa shape index (κ3) is 3.37. The SMILES string of the molecule is C[C@@H]1Cc2ccccc2N1C(=O)Cc1nc(N2CCOCC2)cc(=S)[nH]1. The predicted molar refractivity (Wildman–Crippen MR) is 103 cm³/mol. The van der Waals surface area contributed by atoms with Gasteiger partial charge in [0.25, 0.3) is 0 Å². The molecule has 1 aromatic carbocycles. The van der Waals surface area contributed by atoms with Gasteiger partial charge in [0.15, 0.2) is 0 Å². The number of H-pyrrole nitrogens is 1. The molecule has 2 aliphatic heterocycles. The van der Waals surface area contributed by atoms with Crippen molar-refractivity contribution < 1.29 is 9.53 Å². The number of aromatic nitrogens is 2. The summed E-state index contributed by atoms with van der Waals surface area (Å²) in [6.45, 7) is 5.02. The summed E-state index contributed by atoms with van der Waals surface area (Å²) in [4.78, 5) is 24.7.